The Bertz CT molecular complexity index is 560. The maximum Gasteiger partial charge on any atom is 0.220 e. The fourth-order valence-electron chi connectivity index (χ4n) is 4.33. The summed E-state index contributed by atoms with van der Waals surface area (Å²) in [5.41, 5.74) is 2.51. The number of carbonyl (C=O) groups is 1. The summed E-state index contributed by atoms with van der Waals surface area (Å²) in [5.74, 6) is 1.07. The second-order valence-corrected chi connectivity index (χ2v) is 8.09. The quantitative estimate of drug-likeness (QED) is 0.806. The van der Waals surface area contributed by atoms with E-state index in [-0.39, 0.29) is 5.91 Å². The average molecular weight is 358 g/mol. The average Bonchev–Trinajstić information content (AvgIpc) is 2.68. The van der Waals surface area contributed by atoms with Crippen molar-refractivity contribution in [3.8, 4) is 0 Å². The lowest BCUT2D eigenvalue weighted by Gasteiger charge is -2.35. The molecule has 0 spiro atoms. The summed E-state index contributed by atoms with van der Waals surface area (Å²) in [6.45, 7) is 4.96. The summed E-state index contributed by atoms with van der Waals surface area (Å²) < 4.78 is 0. The number of likely N-dealkylation sites (N-methyl/N-ethyl adjacent to an activating group) is 1. The van der Waals surface area contributed by atoms with Gasteiger partial charge in [-0.15, -0.1) is 0 Å². The van der Waals surface area contributed by atoms with Crippen LogP contribution in [0.2, 0.25) is 0 Å². The maximum atomic E-state index is 12.3. The SMILES string of the molecule is CN1CCN(c2ccccc2CNC(=O)CCCC2CCCCC2)CC1. The third kappa shape index (κ3) is 5.73. The normalized spacial score (nSPS) is 19.5. The predicted molar refractivity (Wildman–Crippen MR) is 108 cm³/mol. The van der Waals surface area contributed by atoms with Gasteiger partial charge in [-0.2, -0.15) is 0 Å². The highest BCUT2D eigenvalue weighted by Crippen LogP contribution is 2.27. The number of piperazine rings is 1. The van der Waals surface area contributed by atoms with Crippen molar-refractivity contribution in [3.63, 3.8) is 0 Å². The minimum absolute atomic E-state index is 0.203. The van der Waals surface area contributed by atoms with Gasteiger partial charge in [0.2, 0.25) is 5.91 Å². The summed E-state index contributed by atoms with van der Waals surface area (Å²) in [7, 11) is 2.18. The first-order chi connectivity index (χ1) is 12.7. The van der Waals surface area contributed by atoms with Crippen molar-refractivity contribution in [1.29, 1.82) is 0 Å². The molecule has 144 valence electrons. The van der Waals surface area contributed by atoms with Gasteiger partial charge in [0, 0.05) is 44.8 Å². The van der Waals surface area contributed by atoms with E-state index < -0.39 is 0 Å². The van der Waals surface area contributed by atoms with Gasteiger partial charge in [-0.3, -0.25) is 4.79 Å². The largest absolute Gasteiger partial charge is 0.369 e. The number of benzene rings is 1. The molecule has 1 aromatic rings. The molecule has 2 aliphatic rings. The van der Waals surface area contributed by atoms with E-state index >= 15 is 0 Å². The number of nitrogens with zero attached hydrogens (tertiary/aromatic N) is 2. The number of hydrogen-bond acceptors (Lipinski definition) is 3. The molecule has 1 aliphatic carbocycles. The Morgan fingerprint density at radius 3 is 2.58 bits per heavy atom. The third-order valence-electron chi connectivity index (χ3n) is 6.05. The summed E-state index contributed by atoms with van der Waals surface area (Å²) in [5, 5.41) is 3.15. The Hall–Kier alpha value is -1.55. The minimum Gasteiger partial charge on any atom is -0.369 e. The van der Waals surface area contributed by atoms with Crippen LogP contribution in [0.3, 0.4) is 0 Å². The van der Waals surface area contributed by atoms with Crippen LogP contribution in [0.15, 0.2) is 24.3 Å². The molecule has 1 aromatic carbocycles. The number of rotatable bonds is 7. The first-order valence-corrected chi connectivity index (χ1v) is 10.5. The molecule has 0 radical (unpaired) electrons. The molecule has 0 atom stereocenters. The monoisotopic (exact) mass is 357 g/mol. The first-order valence-electron chi connectivity index (χ1n) is 10.5. The predicted octanol–water partition coefficient (Wildman–Crippen LogP) is 3.81. The molecule has 1 aliphatic heterocycles. The summed E-state index contributed by atoms with van der Waals surface area (Å²) >= 11 is 0. The van der Waals surface area contributed by atoms with Gasteiger partial charge in [0.15, 0.2) is 0 Å². The van der Waals surface area contributed by atoms with E-state index in [1.807, 2.05) is 0 Å². The number of amides is 1. The minimum atomic E-state index is 0.203. The van der Waals surface area contributed by atoms with Crippen molar-refractivity contribution in [2.45, 2.75) is 57.9 Å². The highest BCUT2D eigenvalue weighted by molar-refractivity contribution is 5.76. The van der Waals surface area contributed by atoms with Crippen LogP contribution < -0.4 is 10.2 Å². The van der Waals surface area contributed by atoms with Crippen molar-refractivity contribution < 1.29 is 4.79 Å². The Morgan fingerprint density at radius 1 is 1.08 bits per heavy atom. The van der Waals surface area contributed by atoms with E-state index in [0.717, 1.165) is 38.5 Å². The van der Waals surface area contributed by atoms with E-state index in [0.29, 0.717) is 13.0 Å². The topological polar surface area (TPSA) is 35.6 Å². The van der Waals surface area contributed by atoms with E-state index in [9.17, 15) is 4.79 Å². The van der Waals surface area contributed by atoms with Crippen molar-refractivity contribution in [1.82, 2.24) is 10.2 Å². The van der Waals surface area contributed by atoms with Crippen LogP contribution in [-0.2, 0) is 11.3 Å². The molecule has 2 fully saturated rings. The van der Waals surface area contributed by atoms with E-state index in [2.05, 4.69) is 46.4 Å². The summed E-state index contributed by atoms with van der Waals surface area (Å²) in [6.07, 6.45) is 9.87. The lowest BCUT2D eigenvalue weighted by atomic mass is 9.86. The third-order valence-corrected chi connectivity index (χ3v) is 6.05. The molecule has 0 bridgehead atoms. The Morgan fingerprint density at radius 2 is 1.81 bits per heavy atom. The lowest BCUT2D eigenvalue weighted by molar-refractivity contribution is -0.121. The van der Waals surface area contributed by atoms with Crippen molar-refractivity contribution in [2.75, 3.05) is 38.1 Å². The molecule has 1 amide bonds. The summed E-state index contributed by atoms with van der Waals surface area (Å²) in [6, 6.07) is 8.51. The Balaban J connectivity index is 1.43. The van der Waals surface area contributed by atoms with Crippen LogP contribution in [0.1, 0.15) is 56.9 Å². The standard InChI is InChI=1S/C22H35N3O/c1-24-14-16-25(17-15-24)21-12-6-5-11-20(21)18-23-22(26)13-7-10-19-8-3-2-4-9-19/h5-6,11-12,19H,2-4,7-10,13-18H2,1H3,(H,23,26). The number of nitrogens with one attached hydrogen (secondary N) is 1. The van der Waals surface area contributed by atoms with Gasteiger partial charge in [0.25, 0.3) is 0 Å². The second-order valence-electron chi connectivity index (χ2n) is 8.09. The van der Waals surface area contributed by atoms with Crippen LogP contribution in [0.4, 0.5) is 5.69 Å². The van der Waals surface area contributed by atoms with Crippen LogP contribution in [0, 0.1) is 5.92 Å². The van der Waals surface area contributed by atoms with Gasteiger partial charge < -0.3 is 15.1 Å². The van der Waals surface area contributed by atoms with Gasteiger partial charge in [-0.25, -0.2) is 0 Å². The van der Waals surface area contributed by atoms with Gasteiger partial charge in [-0.1, -0.05) is 50.3 Å². The lowest BCUT2D eigenvalue weighted by Crippen LogP contribution is -2.45. The number of para-hydroxylation sites is 1. The Labute approximate surface area is 158 Å². The van der Waals surface area contributed by atoms with Crippen LogP contribution in [0.5, 0.6) is 0 Å². The highest BCUT2D eigenvalue weighted by Gasteiger charge is 2.17. The van der Waals surface area contributed by atoms with Gasteiger partial charge in [0.05, 0.1) is 0 Å². The van der Waals surface area contributed by atoms with E-state index in [1.54, 1.807) is 0 Å². The molecule has 0 unspecified atom stereocenters. The molecule has 0 aromatic heterocycles. The van der Waals surface area contributed by atoms with Crippen LogP contribution in [0.25, 0.3) is 0 Å². The van der Waals surface area contributed by atoms with Crippen molar-refractivity contribution in [2.24, 2.45) is 5.92 Å². The molecular weight excluding hydrogens is 322 g/mol. The fraction of sp³-hybridized carbons (Fsp3) is 0.682. The van der Waals surface area contributed by atoms with E-state index in [4.69, 9.17) is 0 Å². The molecule has 1 N–H and O–H groups in total. The van der Waals surface area contributed by atoms with Gasteiger partial charge in [0.1, 0.15) is 0 Å². The first kappa shape index (κ1) is 19.2. The highest BCUT2D eigenvalue weighted by atomic mass is 16.1. The number of carbonyl (C=O) groups excluding carboxylic acids is 1. The zero-order valence-electron chi connectivity index (χ0n) is 16.4. The van der Waals surface area contributed by atoms with E-state index in [1.165, 1.54) is 49.8 Å². The number of hydrogen-bond donors (Lipinski definition) is 1. The van der Waals surface area contributed by atoms with Crippen LogP contribution >= 0.6 is 0 Å². The molecule has 3 rings (SSSR count). The molecule has 1 heterocycles. The molecule has 4 heteroatoms. The fourth-order valence-corrected chi connectivity index (χ4v) is 4.33. The molecule has 4 nitrogen and oxygen atoms in total. The summed E-state index contributed by atoms with van der Waals surface area (Å²) in [4.78, 5) is 17.1. The second kappa shape index (κ2) is 9.96. The molecule has 1 saturated carbocycles. The smallest absolute Gasteiger partial charge is 0.220 e. The number of anilines is 1. The zero-order valence-corrected chi connectivity index (χ0v) is 16.4. The zero-order chi connectivity index (χ0) is 18.2. The molecule has 1 saturated heterocycles. The molecular formula is C22H35N3O. The van der Waals surface area contributed by atoms with Crippen molar-refractivity contribution >= 4 is 11.6 Å². The Kier molecular flexibility index (Phi) is 7.36. The maximum absolute atomic E-state index is 12.3. The van der Waals surface area contributed by atoms with Gasteiger partial charge >= 0.3 is 0 Å². The van der Waals surface area contributed by atoms with Crippen molar-refractivity contribution in [3.05, 3.63) is 29.8 Å². The molecule has 26 heavy (non-hydrogen) atoms. The van der Waals surface area contributed by atoms with Crippen LogP contribution in [-0.4, -0.2) is 44.0 Å². The van der Waals surface area contributed by atoms with Gasteiger partial charge in [-0.05, 0) is 37.4 Å².